The van der Waals surface area contributed by atoms with Crippen LogP contribution in [0, 0.1) is 0 Å². The number of fused-ring (bicyclic) bond motifs is 2. The normalized spacial score (nSPS) is 14.1. The standard InChI is InChI=1S/C28H29N3O2S/c1-3-18-9-13-22(14-10-18)30-26(32)24(4-2)31-17-29-27-25(28(31)33)23(16-34-27)21-12-11-19-7-5-6-8-20(19)15-21/h9-17,24H,3-8H2,1-2H3,(H,30,32)/t24-/m1/s1. The smallest absolute Gasteiger partial charge is 0.263 e. The van der Waals surface area contributed by atoms with Crippen LogP contribution >= 0.6 is 11.3 Å². The van der Waals surface area contributed by atoms with Crippen LogP contribution in [0.3, 0.4) is 0 Å². The highest BCUT2D eigenvalue weighted by Gasteiger charge is 2.23. The molecular weight excluding hydrogens is 442 g/mol. The van der Waals surface area contributed by atoms with Gasteiger partial charge in [0.25, 0.3) is 5.56 Å². The van der Waals surface area contributed by atoms with Crippen LogP contribution < -0.4 is 10.9 Å². The van der Waals surface area contributed by atoms with E-state index >= 15 is 0 Å². The summed E-state index contributed by atoms with van der Waals surface area (Å²) in [5, 5.41) is 5.59. The van der Waals surface area contributed by atoms with Gasteiger partial charge in [-0.25, -0.2) is 4.98 Å². The fraction of sp³-hybridized carbons (Fsp3) is 0.321. The third-order valence-electron chi connectivity index (χ3n) is 6.83. The molecule has 34 heavy (non-hydrogen) atoms. The van der Waals surface area contributed by atoms with Gasteiger partial charge in [0.1, 0.15) is 10.9 Å². The first-order valence-electron chi connectivity index (χ1n) is 12.1. The zero-order valence-corrected chi connectivity index (χ0v) is 20.5. The molecule has 0 unspecified atom stereocenters. The van der Waals surface area contributed by atoms with E-state index in [0.29, 0.717) is 16.6 Å². The number of nitrogens with zero attached hydrogens (tertiary/aromatic N) is 2. The molecule has 0 spiro atoms. The number of hydrogen-bond acceptors (Lipinski definition) is 4. The van der Waals surface area contributed by atoms with Gasteiger partial charge in [-0.3, -0.25) is 14.2 Å². The number of carbonyl (C=O) groups is 1. The lowest BCUT2D eigenvalue weighted by Gasteiger charge is -2.18. The monoisotopic (exact) mass is 471 g/mol. The maximum Gasteiger partial charge on any atom is 0.263 e. The van der Waals surface area contributed by atoms with Gasteiger partial charge in [-0.05, 0) is 72.9 Å². The highest BCUT2D eigenvalue weighted by molar-refractivity contribution is 7.17. The first-order chi connectivity index (χ1) is 16.6. The molecule has 174 valence electrons. The van der Waals surface area contributed by atoms with Crippen molar-refractivity contribution >= 4 is 33.1 Å². The average Bonchev–Trinajstić information content (AvgIpc) is 3.31. The largest absolute Gasteiger partial charge is 0.324 e. The minimum Gasteiger partial charge on any atom is -0.324 e. The minimum atomic E-state index is -0.633. The van der Waals surface area contributed by atoms with Crippen molar-refractivity contribution < 1.29 is 4.79 Å². The van der Waals surface area contributed by atoms with E-state index in [0.717, 1.165) is 36.1 Å². The summed E-state index contributed by atoms with van der Waals surface area (Å²) < 4.78 is 1.49. The van der Waals surface area contributed by atoms with Crippen LogP contribution in [0.15, 0.2) is 59.0 Å². The van der Waals surface area contributed by atoms with Gasteiger partial charge in [0.05, 0.1) is 11.7 Å². The van der Waals surface area contributed by atoms with E-state index in [9.17, 15) is 9.59 Å². The molecular formula is C28H29N3O2S. The Morgan fingerprint density at radius 1 is 1.09 bits per heavy atom. The van der Waals surface area contributed by atoms with Gasteiger partial charge >= 0.3 is 0 Å². The second-order valence-electron chi connectivity index (χ2n) is 8.94. The predicted molar refractivity (Wildman–Crippen MR) is 140 cm³/mol. The lowest BCUT2D eigenvalue weighted by molar-refractivity contribution is -0.119. The number of hydrogen-bond donors (Lipinski definition) is 1. The Kier molecular flexibility index (Phi) is 6.33. The van der Waals surface area contributed by atoms with Crippen molar-refractivity contribution in [3.63, 3.8) is 0 Å². The Morgan fingerprint density at radius 2 is 1.85 bits per heavy atom. The number of carbonyl (C=O) groups excluding carboxylic acids is 1. The van der Waals surface area contributed by atoms with Crippen LogP contribution in [0.2, 0.25) is 0 Å². The van der Waals surface area contributed by atoms with Crippen LogP contribution in [-0.4, -0.2) is 15.5 Å². The lowest BCUT2D eigenvalue weighted by Crippen LogP contribution is -2.33. The average molecular weight is 472 g/mol. The van der Waals surface area contributed by atoms with Crippen molar-refractivity contribution in [1.82, 2.24) is 9.55 Å². The number of nitrogens with one attached hydrogen (secondary N) is 1. The van der Waals surface area contributed by atoms with E-state index in [1.807, 2.05) is 36.6 Å². The molecule has 1 aliphatic rings. The summed E-state index contributed by atoms with van der Waals surface area (Å²) in [6.45, 7) is 4.01. The van der Waals surface area contributed by atoms with E-state index in [4.69, 9.17) is 0 Å². The molecule has 2 heterocycles. The second kappa shape index (κ2) is 9.55. The third kappa shape index (κ3) is 4.18. The molecule has 1 N–H and O–H groups in total. The SMILES string of the molecule is CCc1ccc(NC(=O)[C@@H](CC)n2cnc3scc(-c4ccc5c(c4)CCCC5)c3c2=O)cc1. The van der Waals surface area contributed by atoms with Crippen molar-refractivity contribution in [3.8, 4) is 11.1 Å². The summed E-state index contributed by atoms with van der Waals surface area (Å²) in [5.74, 6) is -0.208. The van der Waals surface area contributed by atoms with Crippen molar-refractivity contribution in [2.24, 2.45) is 0 Å². The fourth-order valence-electron chi connectivity index (χ4n) is 4.84. The van der Waals surface area contributed by atoms with Gasteiger partial charge in [-0.1, -0.05) is 44.2 Å². The Balaban J connectivity index is 1.50. The maximum atomic E-state index is 13.7. The second-order valence-corrected chi connectivity index (χ2v) is 9.80. The minimum absolute atomic E-state index is 0.165. The molecule has 0 fully saturated rings. The van der Waals surface area contributed by atoms with E-state index in [2.05, 4.69) is 35.4 Å². The van der Waals surface area contributed by atoms with E-state index in [1.165, 1.54) is 51.8 Å². The molecule has 5 rings (SSSR count). The van der Waals surface area contributed by atoms with Gasteiger partial charge in [0.15, 0.2) is 0 Å². The number of rotatable bonds is 6. The van der Waals surface area contributed by atoms with Crippen molar-refractivity contribution in [3.05, 3.63) is 81.2 Å². The van der Waals surface area contributed by atoms with Gasteiger partial charge in [-0.15, -0.1) is 11.3 Å². The number of anilines is 1. The van der Waals surface area contributed by atoms with Crippen LogP contribution in [0.4, 0.5) is 5.69 Å². The van der Waals surface area contributed by atoms with Gasteiger partial charge in [0, 0.05) is 16.6 Å². The lowest BCUT2D eigenvalue weighted by atomic mass is 9.89. The molecule has 1 atom stereocenters. The summed E-state index contributed by atoms with van der Waals surface area (Å²) >= 11 is 1.48. The Bertz CT molecular complexity index is 1400. The molecule has 1 amide bonds. The van der Waals surface area contributed by atoms with E-state index in [1.54, 1.807) is 0 Å². The van der Waals surface area contributed by atoms with Crippen LogP contribution in [-0.2, 0) is 24.1 Å². The summed E-state index contributed by atoms with van der Waals surface area (Å²) in [4.78, 5) is 32.1. The topological polar surface area (TPSA) is 64.0 Å². The Morgan fingerprint density at radius 3 is 2.59 bits per heavy atom. The molecule has 5 nitrogen and oxygen atoms in total. The molecule has 0 saturated heterocycles. The van der Waals surface area contributed by atoms with E-state index in [-0.39, 0.29) is 11.5 Å². The Hall–Kier alpha value is -3.25. The zero-order chi connectivity index (χ0) is 23.7. The summed E-state index contributed by atoms with van der Waals surface area (Å²) in [6, 6.07) is 13.7. The molecule has 0 saturated carbocycles. The summed E-state index contributed by atoms with van der Waals surface area (Å²) in [6.07, 6.45) is 7.62. The van der Waals surface area contributed by atoms with Crippen LogP contribution in [0.1, 0.15) is 55.8 Å². The zero-order valence-electron chi connectivity index (χ0n) is 19.6. The van der Waals surface area contributed by atoms with Gasteiger partial charge < -0.3 is 5.32 Å². The first-order valence-corrected chi connectivity index (χ1v) is 13.0. The van der Waals surface area contributed by atoms with Crippen LogP contribution in [0.25, 0.3) is 21.3 Å². The highest BCUT2D eigenvalue weighted by Crippen LogP contribution is 2.34. The summed E-state index contributed by atoms with van der Waals surface area (Å²) in [5.41, 5.74) is 6.54. The van der Waals surface area contributed by atoms with Crippen molar-refractivity contribution in [2.45, 2.75) is 58.4 Å². The molecule has 0 radical (unpaired) electrons. The first kappa shape index (κ1) is 22.5. The molecule has 2 aromatic heterocycles. The fourth-order valence-corrected chi connectivity index (χ4v) is 5.75. The van der Waals surface area contributed by atoms with Crippen LogP contribution in [0.5, 0.6) is 0 Å². The quantitative estimate of drug-likeness (QED) is 0.366. The molecule has 4 aromatic rings. The van der Waals surface area contributed by atoms with Gasteiger partial charge in [0.2, 0.25) is 5.91 Å². The number of amides is 1. The van der Waals surface area contributed by atoms with Crippen molar-refractivity contribution in [2.75, 3.05) is 5.32 Å². The molecule has 1 aliphatic carbocycles. The number of aryl methyl sites for hydroxylation is 3. The summed E-state index contributed by atoms with van der Waals surface area (Å²) in [7, 11) is 0. The molecule has 6 heteroatoms. The van der Waals surface area contributed by atoms with Crippen molar-refractivity contribution in [1.29, 1.82) is 0 Å². The third-order valence-corrected chi connectivity index (χ3v) is 7.72. The number of benzene rings is 2. The molecule has 0 aliphatic heterocycles. The van der Waals surface area contributed by atoms with E-state index < -0.39 is 6.04 Å². The van der Waals surface area contributed by atoms with Gasteiger partial charge in [-0.2, -0.15) is 0 Å². The predicted octanol–water partition coefficient (Wildman–Crippen LogP) is 6.16. The number of aromatic nitrogens is 2. The highest BCUT2D eigenvalue weighted by atomic mass is 32.1. The molecule has 2 aromatic carbocycles. The molecule has 0 bridgehead atoms. The maximum absolute atomic E-state index is 13.7. The number of thiophene rings is 1. The Labute approximate surface area is 203 Å².